The molecular formula is C8H10N2O3. The minimum atomic E-state index is -0.398. The molecule has 1 heterocycles. The lowest BCUT2D eigenvalue weighted by atomic mass is 10.1. The second-order valence-electron chi connectivity index (χ2n) is 2.81. The molecule has 0 fully saturated rings. The molecule has 70 valence electrons. The number of carbonyl (C=O) groups excluding carboxylic acids is 3. The van der Waals surface area contributed by atoms with Crippen LogP contribution in [-0.4, -0.2) is 17.7 Å². The van der Waals surface area contributed by atoms with Crippen LogP contribution in [0.3, 0.4) is 0 Å². The highest BCUT2D eigenvalue weighted by Gasteiger charge is 2.19. The maximum atomic E-state index is 10.9. The molecular weight excluding hydrogens is 172 g/mol. The molecule has 3 N–H and O–H groups in total. The maximum Gasteiger partial charge on any atom is 0.254 e. The fourth-order valence-electron chi connectivity index (χ4n) is 1.09. The number of nitrogens with one attached hydrogen (secondary N) is 1. The molecule has 0 aromatic rings. The summed E-state index contributed by atoms with van der Waals surface area (Å²) in [5.74, 6) is -1.15. The first-order valence-electron chi connectivity index (χ1n) is 3.94. The topological polar surface area (TPSA) is 89.3 Å². The third-order valence-electron chi connectivity index (χ3n) is 1.70. The van der Waals surface area contributed by atoms with Crippen molar-refractivity contribution in [1.29, 1.82) is 0 Å². The van der Waals surface area contributed by atoms with Crippen LogP contribution in [0.15, 0.2) is 11.6 Å². The Morgan fingerprint density at radius 1 is 1.46 bits per heavy atom. The van der Waals surface area contributed by atoms with E-state index in [9.17, 15) is 14.4 Å². The zero-order valence-electron chi connectivity index (χ0n) is 7.00. The molecule has 0 radical (unpaired) electrons. The van der Waals surface area contributed by atoms with Gasteiger partial charge in [-0.25, -0.2) is 0 Å². The third kappa shape index (κ3) is 2.70. The zero-order valence-corrected chi connectivity index (χ0v) is 7.00. The molecule has 0 bridgehead atoms. The largest absolute Gasteiger partial charge is 0.370 e. The molecule has 13 heavy (non-hydrogen) atoms. The normalized spacial score (nSPS) is 15.5. The van der Waals surface area contributed by atoms with E-state index in [1.54, 1.807) is 0 Å². The first-order valence-corrected chi connectivity index (χ1v) is 3.94. The molecule has 0 saturated heterocycles. The summed E-state index contributed by atoms with van der Waals surface area (Å²) in [7, 11) is 0. The van der Waals surface area contributed by atoms with E-state index in [-0.39, 0.29) is 18.2 Å². The average molecular weight is 182 g/mol. The number of hydrogen-bond acceptors (Lipinski definition) is 3. The summed E-state index contributed by atoms with van der Waals surface area (Å²) in [4.78, 5) is 32.0. The van der Waals surface area contributed by atoms with E-state index in [2.05, 4.69) is 5.32 Å². The van der Waals surface area contributed by atoms with Gasteiger partial charge in [-0.3, -0.25) is 19.7 Å². The van der Waals surface area contributed by atoms with Gasteiger partial charge in [-0.15, -0.1) is 0 Å². The van der Waals surface area contributed by atoms with Gasteiger partial charge in [0.2, 0.25) is 5.91 Å². The van der Waals surface area contributed by atoms with Gasteiger partial charge in [-0.05, 0) is 12.8 Å². The highest BCUT2D eigenvalue weighted by atomic mass is 16.2. The summed E-state index contributed by atoms with van der Waals surface area (Å²) in [6.07, 6.45) is 2.41. The molecule has 0 unspecified atom stereocenters. The average Bonchev–Trinajstić information content (AvgIpc) is 2.29. The highest BCUT2D eigenvalue weighted by Crippen LogP contribution is 2.10. The van der Waals surface area contributed by atoms with Gasteiger partial charge in [0.25, 0.3) is 11.8 Å². The van der Waals surface area contributed by atoms with Crippen molar-refractivity contribution >= 4 is 17.7 Å². The van der Waals surface area contributed by atoms with E-state index in [4.69, 9.17) is 5.73 Å². The van der Waals surface area contributed by atoms with Crippen molar-refractivity contribution in [2.45, 2.75) is 19.3 Å². The third-order valence-corrected chi connectivity index (χ3v) is 1.70. The number of hydrogen-bond donors (Lipinski definition) is 2. The van der Waals surface area contributed by atoms with Crippen molar-refractivity contribution in [2.75, 3.05) is 0 Å². The van der Waals surface area contributed by atoms with Crippen LogP contribution in [0.5, 0.6) is 0 Å². The molecule has 0 saturated carbocycles. The molecule has 5 heteroatoms. The van der Waals surface area contributed by atoms with Crippen molar-refractivity contribution in [2.24, 2.45) is 5.73 Å². The number of imide groups is 1. The van der Waals surface area contributed by atoms with Gasteiger partial charge in [0.15, 0.2) is 0 Å². The highest BCUT2D eigenvalue weighted by molar-refractivity contribution is 6.16. The number of rotatable bonds is 4. The number of carbonyl (C=O) groups is 3. The van der Waals surface area contributed by atoms with Gasteiger partial charge in [0, 0.05) is 18.1 Å². The summed E-state index contributed by atoms with van der Waals surface area (Å²) in [6, 6.07) is 0. The Morgan fingerprint density at radius 2 is 2.15 bits per heavy atom. The van der Waals surface area contributed by atoms with Crippen LogP contribution in [0, 0.1) is 0 Å². The first-order chi connectivity index (χ1) is 6.09. The molecule has 1 aliphatic rings. The Kier molecular flexibility index (Phi) is 2.79. The summed E-state index contributed by atoms with van der Waals surface area (Å²) < 4.78 is 0. The first kappa shape index (κ1) is 9.44. The predicted molar refractivity (Wildman–Crippen MR) is 44.3 cm³/mol. The van der Waals surface area contributed by atoms with Crippen LogP contribution in [-0.2, 0) is 14.4 Å². The molecule has 1 aliphatic heterocycles. The van der Waals surface area contributed by atoms with Crippen LogP contribution in [0.1, 0.15) is 19.3 Å². The summed E-state index contributed by atoms with van der Waals surface area (Å²) in [5.41, 5.74) is 5.34. The Balaban J connectivity index is 2.37. The zero-order chi connectivity index (χ0) is 9.84. The standard InChI is InChI=1S/C8H10N2O3/c9-6(11)3-1-2-5-4-7(12)10-8(5)13/h4H,1-3H2,(H2,9,11)(H,10,12,13). The van der Waals surface area contributed by atoms with Crippen LogP contribution in [0.4, 0.5) is 0 Å². The number of amides is 3. The quantitative estimate of drug-likeness (QED) is 0.559. The van der Waals surface area contributed by atoms with Crippen LogP contribution in [0.2, 0.25) is 0 Å². The van der Waals surface area contributed by atoms with Crippen molar-refractivity contribution in [1.82, 2.24) is 5.32 Å². The van der Waals surface area contributed by atoms with E-state index in [0.29, 0.717) is 18.4 Å². The molecule has 5 nitrogen and oxygen atoms in total. The maximum absolute atomic E-state index is 10.9. The van der Waals surface area contributed by atoms with E-state index < -0.39 is 5.91 Å². The molecule has 0 aliphatic carbocycles. The smallest absolute Gasteiger partial charge is 0.254 e. The van der Waals surface area contributed by atoms with Gasteiger partial charge in [-0.2, -0.15) is 0 Å². The van der Waals surface area contributed by atoms with Crippen LogP contribution in [0.25, 0.3) is 0 Å². The SMILES string of the molecule is NC(=O)CCCC1=CC(=O)NC1=O. The number of nitrogens with two attached hydrogens (primary N) is 1. The second-order valence-corrected chi connectivity index (χ2v) is 2.81. The van der Waals surface area contributed by atoms with Gasteiger partial charge in [-0.1, -0.05) is 0 Å². The minimum absolute atomic E-state index is 0.235. The molecule has 0 spiro atoms. The van der Waals surface area contributed by atoms with Gasteiger partial charge in [0.05, 0.1) is 0 Å². The molecule has 1 rings (SSSR count). The van der Waals surface area contributed by atoms with Crippen LogP contribution >= 0.6 is 0 Å². The minimum Gasteiger partial charge on any atom is -0.370 e. The Bertz CT molecular complexity index is 294. The monoisotopic (exact) mass is 182 g/mol. The lowest BCUT2D eigenvalue weighted by molar-refractivity contribution is -0.124. The predicted octanol–water partition coefficient (Wildman–Crippen LogP) is -0.775. The van der Waals surface area contributed by atoms with Gasteiger partial charge in [0.1, 0.15) is 0 Å². The van der Waals surface area contributed by atoms with Crippen LogP contribution < -0.4 is 11.1 Å². The lowest BCUT2D eigenvalue weighted by Crippen LogP contribution is -2.22. The van der Waals surface area contributed by atoms with E-state index in [0.717, 1.165) is 0 Å². The molecule has 0 atom stereocenters. The van der Waals surface area contributed by atoms with Gasteiger partial charge >= 0.3 is 0 Å². The summed E-state index contributed by atoms with van der Waals surface area (Å²) >= 11 is 0. The fraction of sp³-hybridized carbons (Fsp3) is 0.375. The second kappa shape index (κ2) is 3.84. The van der Waals surface area contributed by atoms with Crippen molar-refractivity contribution in [3.63, 3.8) is 0 Å². The van der Waals surface area contributed by atoms with Crippen molar-refractivity contribution in [3.05, 3.63) is 11.6 Å². The fourth-order valence-corrected chi connectivity index (χ4v) is 1.09. The van der Waals surface area contributed by atoms with Gasteiger partial charge < -0.3 is 5.73 Å². The van der Waals surface area contributed by atoms with E-state index in [1.165, 1.54) is 6.08 Å². The van der Waals surface area contributed by atoms with E-state index >= 15 is 0 Å². The summed E-state index contributed by atoms with van der Waals surface area (Å²) in [6.45, 7) is 0. The lowest BCUT2D eigenvalue weighted by Gasteiger charge is -1.97. The molecule has 0 aromatic heterocycles. The molecule has 0 aromatic carbocycles. The number of primary amides is 1. The van der Waals surface area contributed by atoms with E-state index in [1.807, 2.05) is 0 Å². The Labute approximate surface area is 75.0 Å². The van der Waals surface area contributed by atoms with Crippen molar-refractivity contribution in [3.8, 4) is 0 Å². The van der Waals surface area contributed by atoms with Crippen molar-refractivity contribution < 1.29 is 14.4 Å². The Hall–Kier alpha value is -1.65. The molecule has 3 amide bonds. The Morgan fingerprint density at radius 3 is 2.62 bits per heavy atom. The summed E-state index contributed by atoms with van der Waals surface area (Å²) in [5, 5.41) is 2.12.